The van der Waals surface area contributed by atoms with E-state index in [-0.39, 0.29) is 12.7 Å². The van der Waals surface area contributed by atoms with Crippen LogP contribution in [0.3, 0.4) is 0 Å². The van der Waals surface area contributed by atoms with Crippen molar-refractivity contribution in [1.29, 1.82) is 0 Å². The van der Waals surface area contributed by atoms with Crippen molar-refractivity contribution in [2.24, 2.45) is 0 Å². The van der Waals surface area contributed by atoms with E-state index in [0.29, 0.717) is 11.4 Å². The standard InChI is InChI=1S/C14H11NO3/c16-8-11-9-17-14(15-11)18-13-7-3-5-10-4-1-2-6-12(10)13/h1-7,9,16H,8H2. The van der Waals surface area contributed by atoms with Gasteiger partial charge in [0.1, 0.15) is 17.7 Å². The smallest absolute Gasteiger partial charge is 0.399 e. The number of aliphatic hydroxyl groups excluding tert-OH is 1. The number of oxazole rings is 1. The third-order valence-corrected chi connectivity index (χ3v) is 2.64. The molecule has 1 aromatic heterocycles. The Kier molecular flexibility index (Phi) is 2.70. The highest BCUT2D eigenvalue weighted by atomic mass is 16.6. The summed E-state index contributed by atoms with van der Waals surface area (Å²) in [6.45, 7) is -0.164. The first-order valence-corrected chi connectivity index (χ1v) is 5.58. The number of hydrogen-bond donors (Lipinski definition) is 1. The molecule has 0 amide bonds. The summed E-state index contributed by atoms with van der Waals surface area (Å²) in [5, 5.41) is 11.0. The van der Waals surface area contributed by atoms with Crippen LogP contribution in [-0.2, 0) is 6.61 Å². The van der Waals surface area contributed by atoms with Crippen molar-refractivity contribution in [1.82, 2.24) is 4.98 Å². The van der Waals surface area contributed by atoms with Gasteiger partial charge in [0.2, 0.25) is 0 Å². The molecule has 0 spiro atoms. The molecule has 0 radical (unpaired) electrons. The van der Waals surface area contributed by atoms with E-state index in [1.165, 1.54) is 6.26 Å². The molecule has 90 valence electrons. The molecule has 0 aliphatic rings. The summed E-state index contributed by atoms with van der Waals surface area (Å²) in [5.74, 6) is 0.680. The molecule has 3 rings (SSSR count). The van der Waals surface area contributed by atoms with Crippen molar-refractivity contribution in [2.45, 2.75) is 6.61 Å². The van der Waals surface area contributed by atoms with Crippen LogP contribution in [0.25, 0.3) is 10.8 Å². The van der Waals surface area contributed by atoms with Crippen LogP contribution in [0.5, 0.6) is 11.8 Å². The molecule has 1 heterocycles. The number of benzene rings is 2. The number of rotatable bonds is 3. The van der Waals surface area contributed by atoms with Crippen LogP contribution >= 0.6 is 0 Å². The third-order valence-electron chi connectivity index (χ3n) is 2.64. The van der Waals surface area contributed by atoms with Gasteiger partial charge in [0.05, 0.1) is 6.61 Å². The fourth-order valence-electron chi connectivity index (χ4n) is 1.79. The second-order valence-corrected chi connectivity index (χ2v) is 3.84. The highest BCUT2D eigenvalue weighted by molar-refractivity contribution is 5.88. The minimum atomic E-state index is -0.164. The van der Waals surface area contributed by atoms with Gasteiger partial charge in [-0.1, -0.05) is 36.4 Å². The third kappa shape index (κ3) is 1.94. The van der Waals surface area contributed by atoms with Crippen molar-refractivity contribution in [2.75, 3.05) is 0 Å². The topological polar surface area (TPSA) is 55.5 Å². The number of fused-ring (bicyclic) bond motifs is 1. The molecule has 1 N–H and O–H groups in total. The fraction of sp³-hybridized carbons (Fsp3) is 0.0714. The van der Waals surface area contributed by atoms with Gasteiger partial charge < -0.3 is 14.3 Å². The second kappa shape index (κ2) is 4.50. The van der Waals surface area contributed by atoms with E-state index < -0.39 is 0 Å². The van der Waals surface area contributed by atoms with Gasteiger partial charge in [-0.2, -0.15) is 4.98 Å². The lowest BCUT2D eigenvalue weighted by atomic mass is 10.1. The number of ether oxygens (including phenoxy) is 1. The lowest BCUT2D eigenvalue weighted by molar-refractivity contribution is 0.276. The average molecular weight is 241 g/mol. The van der Waals surface area contributed by atoms with Gasteiger partial charge in [-0.05, 0) is 11.5 Å². The van der Waals surface area contributed by atoms with Gasteiger partial charge in [-0.15, -0.1) is 0 Å². The van der Waals surface area contributed by atoms with Gasteiger partial charge >= 0.3 is 6.08 Å². The van der Waals surface area contributed by atoms with Gasteiger partial charge in [-0.3, -0.25) is 0 Å². The molecule has 4 heteroatoms. The fourth-order valence-corrected chi connectivity index (χ4v) is 1.79. The Morgan fingerprint density at radius 1 is 1.11 bits per heavy atom. The number of hydrogen-bond acceptors (Lipinski definition) is 4. The van der Waals surface area contributed by atoms with E-state index in [9.17, 15) is 0 Å². The SMILES string of the molecule is OCc1coc(Oc2cccc3ccccc23)n1. The zero-order valence-corrected chi connectivity index (χ0v) is 9.54. The Bertz CT molecular complexity index is 670. The van der Waals surface area contributed by atoms with Gasteiger partial charge in [0.25, 0.3) is 0 Å². The maximum absolute atomic E-state index is 8.91. The summed E-state index contributed by atoms with van der Waals surface area (Å²) in [4.78, 5) is 3.99. The van der Waals surface area contributed by atoms with Crippen LogP contribution in [-0.4, -0.2) is 10.1 Å². The van der Waals surface area contributed by atoms with Crippen LogP contribution in [0, 0.1) is 0 Å². The van der Waals surface area contributed by atoms with Gasteiger partial charge in [0, 0.05) is 5.39 Å². The quantitative estimate of drug-likeness (QED) is 0.765. The van der Waals surface area contributed by atoms with Crippen molar-refractivity contribution >= 4 is 10.8 Å². The molecule has 18 heavy (non-hydrogen) atoms. The molecule has 0 aliphatic heterocycles. The van der Waals surface area contributed by atoms with Crippen molar-refractivity contribution in [3.63, 3.8) is 0 Å². The van der Waals surface area contributed by atoms with Crippen LogP contribution < -0.4 is 4.74 Å². The van der Waals surface area contributed by atoms with Gasteiger partial charge in [-0.25, -0.2) is 0 Å². The molecule has 2 aromatic carbocycles. The number of nitrogens with zero attached hydrogens (tertiary/aromatic N) is 1. The van der Waals surface area contributed by atoms with Crippen molar-refractivity contribution in [3.05, 3.63) is 54.4 Å². The van der Waals surface area contributed by atoms with E-state index in [1.54, 1.807) is 0 Å². The second-order valence-electron chi connectivity index (χ2n) is 3.84. The first-order valence-electron chi connectivity index (χ1n) is 5.58. The van der Waals surface area contributed by atoms with Gasteiger partial charge in [0.15, 0.2) is 0 Å². The Morgan fingerprint density at radius 3 is 2.78 bits per heavy atom. The Labute approximate surface area is 103 Å². The Balaban J connectivity index is 1.99. The maximum Gasteiger partial charge on any atom is 0.399 e. The van der Waals surface area contributed by atoms with E-state index in [4.69, 9.17) is 14.3 Å². The van der Waals surface area contributed by atoms with E-state index in [1.807, 2.05) is 42.5 Å². The Hall–Kier alpha value is -2.33. The summed E-state index contributed by atoms with van der Waals surface area (Å²) in [5.41, 5.74) is 0.449. The number of aromatic nitrogens is 1. The number of aliphatic hydroxyl groups is 1. The largest absolute Gasteiger partial charge is 0.417 e. The molecule has 0 aliphatic carbocycles. The molecule has 0 fully saturated rings. The minimum Gasteiger partial charge on any atom is -0.417 e. The Morgan fingerprint density at radius 2 is 1.94 bits per heavy atom. The predicted octanol–water partition coefficient (Wildman–Crippen LogP) is 3.11. The average Bonchev–Trinajstić information content (AvgIpc) is 2.87. The normalized spacial score (nSPS) is 10.7. The molecule has 0 unspecified atom stereocenters. The highest BCUT2D eigenvalue weighted by Gasteiger charge is 2.08. The zero-order valence-electron chi connectivity index (χ0n) is 9.54. The summed E-state index contributed by atoms with van der Waals surface area (Å²) >= 11 is 0. The summed E-state index contributed by atoms with van der Waals surface area (Å²) < 4.78 is 10.7. The first-order chi connectivity index (χ1) is 8.86. The summed E-state index contributed by atoms with van der Waals surface area (Å²) in [6.07, 6.45) is 1.51. The maximum atomic E-state index is 8.91. The van der Waals surface area contributed by atoms with Crippen LogP contribution in [0.1, 0.15) is 5.69 Å². The molecule has 4 nitrogen and oxygen atoms in total. The van der Waals surface area contributed by atoms with Crippen molar-refractivity contribution in [3.8, 4) is 11.8 Å². The van der Waals surface area contributed by atoms with E-state index in [0.717, 1.165) is 10.8 Å². The highest BCUT2D eigenvalue weighted by Crippen LogP contribution is 2.29. The molecule has 0 atom stereocenters. The van der Waals surface area contributed by atoms with Crippen LogP contribution in [0.2, 0.25) is 0 Å². The summed E-state index contributed by atoms with van der Waals surface area (Å²) in [7, 11) is 0. The lowest BCUT2D eigenvalue weighted by Gasteiger charge is -2.04. The molecule has 0 saturated carbocycles. The molecule has 0 saturated heterocycles. The van der Waals surface area contributed by atoms with Crippen LogP contribution in [0.15, 0.2) is 53.1 Å². The molecular weight excluding hydrogens is 230 g/mol. The first kappa shape index (κ1) is 10.8. The van der Waals surface area contributed by atoms with E-state index in [2.05, 4.69) is 4.98 Å². The van der Waals surface area contributed by atoms with Crippen molar-refractivity contribution < 1.29 is 14.3 Å². The van der Waals surface area contributed by atoms with Crippen LogP contribution in [0.4, 0.5) is 0 Å². The predicted molar refractivity (Wildman–Crippen MR) is 66.4 cm³/mol. The zero-order chi connectivity index (χ0) is 12.4. The lowest BCUT2D eigenvalue weighted by Crippen LogP contribution is -1.87. The minimum absolute atomic E-state index is 0.135. The molecular formula is C14H11NO3. The summed E-state index contributed by atoms with van der Waals surface area (Å²) in [6, 6.07) is 13.7. The molecule has 0 bridgehead atoms. The van der Waals surface area contributed by atoms with E-state index >= 15 is 0 Å². The monoisotopic (exact) mass is 241 g/mol. The molecule has 3 aromatic rings.